The summed E-state index contributed by atoms with van der Waals surface area (Å²) in [5, 5.41) is 3.32. The molecule has 0 aliphatic carbocycles. The van der Waals surface area contributed by atoms with Crippen molar-refractivity contribution >= 4 is 5.78 Å². The Labute approximate surface area is 114 Å². The molecule has 1 aliphatic heterocycles. The molecule has 0 bridgehead atoms. The molecule has 0 saturated carbocycles. The number of nitrogens with one attached hydrogen (secondary N) is 1. The van der Waals surface area contributed by atoms with Gasteiger partial charge >= 0.3 is 0 Å². The molecule has 0 radical (unpaired) electrons. The predicted molar refractivity (Wildman–Crippen MR) is 74.9 cm³/mol. The first-order chi connectivity index (χ1) is 9.09. The van der Waals surface area contributed by atoms with E-state index in [-0.39, 0.29) is 17.0 Å². The summed E-state index contributed by atoms with van der Waals surface area (Å²) in [7, 11) is 0. The Morgan fingerprint density at radius 2 is 2.26 bits per heavy atom. The lowest BCUT2D eigenvalue weighted by molar-refractivity contribution is 0.0717. The molecule has 19 heavy (non-hydrogen) atoms. The monoisotopic (exact) mass is 263 g/mol. The molecule has 1 aliphatic rings. The third-order valence-corrected chi connectivity index (χ3v) is 4.12. The molecule has 104 valence electrons. The Bertz CT molecular complexity index is 458. The van der Waals surface area contributed by atoms with Crippen LogP contribution in [0.4, 0.5) is 4.39 Å². The molecule has 2 rings (SSSR count). The molecule has 0 amide bonds. The van der Waals surface area contributed by atoms with E-state index in [1.165, 1.54) is 6.07 Å². The lowest BCUT2D eigenvalue weighted by Crippen LogP contribution is -2.45. The van der Waals surface area contributed by atoms with Crippen LogP contribution in [0, 0.1) is 18.2 Å². The van der Waals surface area contributed by atoms with E-state index in [0.29, 0.717) is 11.1 Å². The van der Waals surface area contributed by atoms with Crippen molar-refractivity contribution in [2.45, 2.75) is 39.5 Å². The Hall–Kier alpha value is -1.22. The molecule has 1 heterocycles. The van der Waals surface area contributed by atoms with Gasteiger partial charge in [-0.05, 0) is 44.4 Å². The smallest absolute Gasteiger partial charge is 0.170 e. The van der Waals surface area contributed by atoms with Gasteiger partial charge in [-0.2, -0.15) is 0 Å². The molecule has 0 spiro atoms. The van der Waals surface area contributed by atoms with E-state index < -0.39 is 0 Å². The van der Waals surface area contributed by atoms with Gasteiger partial charge in [-0.1, -0.05) is 25.5 Å². The topological polar surface area (TPSA) is 29.1 Å². The summed E-state index contributed by atoms with van der Waals surface area (Å²) in [6, 6.07) is 4.84. The van der Waals surface area contributed by atoms with E-state index in [2.05, 4.69) is 12.2 Å². The van der Waals surface area contributed by atoms with Gasteiger partial charge in [0.15, 0.2) is 5.78 Å². The van der Waals surface area contributed by atoms with Crippen molar-refractivity contribution in [2.75, 3.05) is 13.1 Å². The van der Waals surface area contributed by atoms with Gasteiger partial charge in [-0.3, -0.25) is 4.79 Å². The third-order valence-electron chi connectivity index (χ3n) is 4.12. The maximum Gasteiger partial charge on any atom is 0.170 e. The van der Waals surface area contributed by atoms with Gasteiger partial charge in [0.25, 0.3) is 0 Å². The fourth-order valence-corrected chi connectivity index (χ4v) is 3.01. The number of hydrogen-bond donors (Lipinski definition) is 1. The first kappa shape index (κ1) is 14.2. The van der Waals surface area contributed by atoms with Crippen molar-refractivity contribution in [1.29, 1.82) is 0 Å². The summed E-state index contributed by atoms with van der Waals surface area (Å²) in [5.41, 5.74) is 0.762. The predicted octanol–water partition coefficient (Wildman–Crippen LogP) is 3.49. The first-order valence-electron chi connectivity index (χ1n) is 7.11. The fraction of sp³-hybridized carbons (Fsp3) is 0.562. The maximum absolute atomic E-state index is 13.6. The zero-order chi connectivity index (χ0) is 13.9. The van der Waals surface area contributed by atoms with Crippen LogP contribution in [0.5, 0.6) is 0 Å². The highest BCUT2D eigenvalue weighted by Crippen LogP contribution is 2.35. The number of halogens is 1. The maximum atomic E-state index is 13.6. The lowest BCUT2D eigenvalue weighted by atomic mass is 9.71. The highest BCUT2D eigenvalue weighted by Gasteiger charge is 2.39. The normalized spacial score (nSPS) is 23.3. The van der Waals surface area contributed by atoms with E-state index in [1.54, 1.807) is 19.1 Å². The molecule has 1 N–H and O–H groups in total. The SMILES string of the molecule is CCCC1(C(=O)c2ccc(C)c(F)c2)CCCNC1. The Kier molecular flexibility index (Phi) is 4.35. The molecular weight excluding hydrogens is 241 g/mol. The van der Waals surface area contributed by atoms with Gasteiger partial charge in [0.1, 0.15) is 5.82 Å². The molecule has 1 fully saturated rings. The number of rotatable bonds is 4. The lowest BCUT2D eigenvalue weighted by Gasteiger charge is -2.36. The van der Waals surface area contributed by atoms with E-state index in [9.17, 15) is 9.18 Å². The van der Waals surface area contributed by atoms with Gasteiger partial charge in [0.2, 0.25) is 0 Å². The molecule has 2 nitrogen and oxygen atoms in total. The fourth-order valence-electron chi connectivity index (χ4n) is 3.01. The van der Waals surface area contributed by atoms with Crippen molar-refractivity contribution in [3.05, 3.63) is 35.1 Å². The summed E-state index contributed by atoms with van der Waals surface area (Å²) in [4.78, 5) is 12.8. The van der Waals surface area contributed by atoms with Crippen LogP contribution >= 0.6 is 0 Å². The van der Waals surface area contributed by atoms with E-state index in [4.69, 9.17) is 0 Å². The summed E-state index contributed by atoms with van der Waals surface area (Å²) in [6.07, 6.45) is 3.76. The van der Waals surface area contributed by atoms with E-state index in [0.717, 1.165) is 38.8 Å². The van der Waals surface area contributed by atoms with Crippen LogP contribution in [-0.4, -0.2) is 18.9 Å². The first-order valence-corrected chi connectivity index (χ1v) is 7.11. The molecule has 1 atom stereocenters. The molecule has 3 heteroatoms. The zero-order valence-electron chi connectivity index (χ0n) is 11.8. The number of hydrogen-bond acceptors (Lipinski definition) is 2. The number of carbonyl (C=O) groups is 1. The summed E-state index contributed by atoms with van der Waals surface area (Å²) >= 11 is 0. The third kappa shape index (κ3) is 2.86. The van der Waals surface area contributed by atoms with Crippen LogP contribution in [0.2, 0.25) is 0 Å². The zero-order valence-corrected chi connectivity index (χ0v) is 11.8. The van der Waals surface area contributed by atoms with Crippen molar-refractivity contribution in [3.8, 4) is 0 Å². The highest BCUT2D eigenvalue weighted by molar-refractivity contribution is 6.00. The minimum atomic E-state index is -0.339. The second-order valence-electron chi connectivity index (χ2n) is 5.60. The van der Waals surface area contributed by atoms with Crippen molar-refractivity contribution < 1.29 is 9.18 Å². The number of Topliss-reactive ketones (excluding diaryl/α,β-unsaturated/α-hetero) is 1. The second kappa shape index (κ2) is 5.83. The van der Waals surface area contributed by atoms with Gasteiger partial charge in [-0.15, -0.1) is 0 Å². The van der Waals surface area contributed by atoms with Crippen molar-refractivity contribution in [1.82, 2.24) is 5.32 Å². The van der Waals surface area contributed by atoms with Crippen LogP contribution in [0.1, 0.15) is 48.5 Å². The molecule has 1 saturated heterocycles. The number of carbonyl (C=O) groups excluding carboxylic acids is 1. The molecule has 1 aromatic carbocycles. The van der Waals surface area contributed by atoms with Gasteiger partial charge in [0, 0.05) is 17.5 Å². The summed E-state index contributed by atoms with van der Waals surface area (Å²) < 4.78 is 13.6. The largest absolute Gasteiger partial charge is 0.316 e. The van der Waals surface area contributed by atoms with Crippen LogP contribution in [0.25, 0.3) is 0 Å². The molecular formula is C16H22FNO. The number of benzene rings is 1. The quantitative estimate of drug-likeness (QED) is 0.843. The molecule has 1 unspecified atom stereocenters. The van der Waals surface area contributed by atoms with E-state index >= 15 is 0 Å². The average Bonchev–Trinajstić information content (AvgIpc) is 2.42. The summed E-state index contributed by atoms with van der Waals surface area (Å²) in [6.45, 7) is 5.50. The minimum absolute atomic E-state index is 0.0976. The molecule has 0 aromatic heterocycles. The number of ketones is 1. The standard InChI is InChI=1S/C16H22FNO/c1-3-7-16(8-4-9-18-11-16)15(19)13-6-5-12(2)14(17)10-13/h5-6,10,18H,3-4,7-9,11H2,1-2H3. The van der Waals surface area contributed by atoms with Crippen LogP contribution in [-0.2, 0) is 0 Å². The van der Waals surface area contributed by atoms with Gasteiger partial charge in [0.05, 0.1) is 0 Å². The van der Waals surface area contributed by atoms with Crippen LogP contribution < -0.4 is 5.32 Å². The minimum Gasteiger partial charge on any atom is -0.316 e. The Balaban J connectivity index is 2.30. The summed E-state index contributed by atoms with van der Waals surface area (Å²) in [5.74, 6) is -0.193. The van der Waals surface area contributed by atoms with Gasteiger partial charge < -0.3 is 5.32 Å². The van der Waals surface area contributed by atoms with Crippen molar-refractivity contribution in [3.63, 3.8) is 0 Å². The average molecular weight is 263 g/mol. The number of piperidine rings is 1. The Morgan fingerprint density at radius 1 is 1.47 bits per heavy atom. The Morgan fingerprint density at radius 3 is 2.84 bits per heavy atom. The van der Waals surface area contributed by atoms with Crippen molar-refractivity contribution in [2.24, 2.45) is 5.41 Å². The van der Waals surface area contributed by atoms with Crippen LogP contribution in [0.3, 0.4) is 0 Å². The second-order valence-corrected chi connectivity index (χ2v) is 5.60. The number of aryl methyl sites for hydroxylation is 1. The van der Waals surface area contributed by atoms with E-state index in [1.807, 2.05) is 0 Å². The van der Waals surface area contributed by atoms with Gasteiger partial charge in [-0.25, -0.2) is 4.39 Å². The molecule has 1 aromatic rings. The van der Waals surface area contributed by atoms with Crippen LogP contribution in [0.15, 0.2) is 18.2 Å². The highest BCUT2D eigenvalue weighted by atomic mass is 19.1.